The van der Waals surface area contributed by atoms with Crippen LogP contribution in [-0.4, -0.2) is 29.7 Å². The van der Waals surface area contributed by atoms with Gasteiger partial charge >= 0.3 is 0 Å². The van der Waals surface area contributed by atoms with E-state index in [9.17, 15) is 0 Å². The fraction of sp³-hybridized carbons (Fsp3) is 0.381. The van der Waals surface area contributed by atoms with Gasteiger partial charge in [-0.3, -0.25) is 0 Å². The van der Waals surface area contributed by atoms with Crippen molar-refractivity contribution >= 4 is 11.0 Å². The number of piperidine rings is 1. The fourth-order valence-electron chi connectivity index (χ4n) is 3.90. The average molecular weight is 350 g/mol. The number of aromatic nitrogens is 2. The van der Waals surface area contributed by atoms with E-state index in [1.165, 1.54) is 18.4 Å². The van der Waals surface area contributed by atoms with Crippen molar-refractivity contribution in [1.29, 1.82) is 0 Å². The van der Waals surface area contributed by atoms with Gasteiger partial charge in [0.2, 0.25) is 0 Å². The van der Waals surface area contributed by atoms with E-state index in [4.69, 9.17) is 4.74 Å². The zero-order chi connectivity index (χ0) is 17.9. The lowest BCUT2D eigenvalue weighted by atomic mass is 9.92. The number of benzene rings is 2. The molecule has 0 radical (unpaired) electrons. The highest BCUT2D eigenvalue weighted by molar-refractivity contribution is 5.78. The Bertz CT molecular complexity index is 874. The maximum absolute atomic E-state index is 5.60. The molecular formula is C21H26N4O. The summed E-state index contributed by atoms with van der Waals surface area (Å²) in [5.74, 6) is 1.81. The molecule has 26 heavy (non-hydrogen) atoms. The van der Waals surface area contributed by atoms with Gasteiger partial charge in [0, 0.05) is 30.3 Å². The Morgan fingerprint density at radius 2 is 2.08 bits per heavy atom. The van der Waals surface area contributed by atoms with Crippen LogP contribution in [0, 0.1) is 6.92 Å². The van der Waals surface area contributed by atoms with E-state index >= 15 is 0 Å². The van der Waals surface area contributed by atoms with E-state index in [-0.39, 0.29) is 0 Å². The minimum absolute atomic E-state index is 0.342. The van der Waals surface area contributed by atoms with Gasteiger partial charge < -0.3 is 20.4 Å². The number of hydrogen-bond donors (Lipinski definition) is 3. The second-order valence-corrected chi connectivity index (χ2v) is 6.98. The van der Waals surface area contributed by atoms with Crippen molar-refractivity contribution in [3.05, 3.63) is 59.4 Å². The molecule has 3 aromatic rings. The van der Waals surface area contributed by atoms with Gasteiger partial charge in [0.25, 0.3) is 0 Å². The van der Waals surface area contributed by atoms with Crippen LogP contribution in [0.2, 0.25) is 0 Å². The quantitative estimate of drug-likeness (QED) is 0.659. The van der Waals surface area contributed by atoms with Crippen molar-refractivity contribution in [3.63, 3.8) is 0 Å². The van der Waals surface area contributed by atoms with Crippen LogP contribution in [-0.2, 0) is 6.54 Å². The molecule has 1 fully saturated rings. The molecule has 2 heterocycles. The molecule has 136 valence electrons. The molecule has 0 bridgehead atoms. The summed E-state index contributed by atoms with van der Waals surface area (Å²) in [5.41, 5.74) is 4.50. The van der Waals surface area contributed by atoms with E-state index in [1.54, 1.807) is 7.11 Å². The maximum atomic E-state index is 5.60. The number of ether oxygens (including phenoxy) is 1. The molecule has 0 saturated carbocycles. The van der Waals surface area contributed by atoms with Crippen LogP contribution in [0.25, 0.3) is 11.0 Å². The molecule has 5 nitrogen and oxygen atoms in total. The normalized spacial score (nSPS) is 20.4. The van der Waals surface area contributed by atoms with Crippen molar-refractivity contribution < 1.29 is 4.74 Å². The number of aryl methyl sites for hydroxylation is 1. The first-order chi connectivity index (χ1) is 12.7. The standard InChI is InChI=1S/C21H26N4O/c1-14-24-18-11-16(20(26-2)12-19(18)25-14)13-23-17-9-6-10-22-21(17)15-7-4-3-5-8-15/h3-5,7-8,11-12,17,21-23H,6,9-10,13H2,1-2H3,(H,24,25). The molecular weight excluding hydrogens is 324 g/mol. The first kappa shape index (κ1) is 17.1. The zero-order valence-electron chi connectivity index (χ0n) is 15.4. The topological polar surface area (TPSA) is 62.0 Å². The third kappa shape index (κ3) is 3.45. The van der Waals surface area contributed by atoms with Crippen LogP contribution >= 0.6 is 0 Å². The SMILES string of the molecule is COc1cc2nc(C)[nH]c2cc1CNC1CCCNC1c1ccccc1. The lowest BCUT2D eigenvalue weighted by molar-refractivity contribution is 0.303. The lowest BCUT2D eigenvalue weighted by Crippen LogP contribution is -2.45. The van der Waals surface area contributed by atoms with Crippen LogP contribution in [0.15, 0.2) is 42.5 Å². The predicted octanol–water partition coefficient (Wildman–Crippen LogP) is 3.46. The number of rotatable bonds is 5. The van der Waals surface area contributed by atoms with E-state index in [2.05, 4.69) is 57.0 Å². The second kappa shape index (κ2) is 7.48. The molecule has 1 aliphatic rings. The highest BCUT2D eigenvalue weighted by Gasteiger charge is 2.25. The average Bonchev–Trinajstić information content (AvgIpc) is 3.05. The maximum Gasteiger partial charge on any atom is 0.125 e. The summed E-state index contributed by atoms with van der Waals surface area (Å²) in [6, 6.07) is 15.6. The molecule has 2 unspecified atom stereocenters. The fourth-order valence-corrected chi connectivity index (χ4v) is 3.90. The van der Waals surface area contributed by atoms with Gasteiger partial charge in [0.15, 0.2) is 0 Å². The third-order valence-electron chi connectivity index (χ3n) is 5.17. The van der Waals surface area contributed by atoms with Crippen LogP contribution in [0.1, 0.15) is 35.8 Å². The van der Waals surface area contributed by atoms with Crippen LogP contribution in [0.3, 0.4) is 0 Å². The van der Waals surface area contributed by atoms with Crippen LogP contribution in [0.5, 0.6) is 5.75 Å². The highest BCUT2D eigenvalue weighted by Crippen LogP contribution is 2.27. The summed E-state index contributed by atoms with van der Waals surface area (Å²) in [6.45, 7) is 3.82. The highest BCUT2D eigenvalue weighted by atomic mass is 16.5. The molecule has 1 aromatic heterocycles. The lowest BCUT2D eigenvalue weighted by Gasteiger charge is -2.34. The molecule has 2 aromatic carbocycles. The predicted molar refractivity (Wildman–Crippen MR) is 104 cm³/mol. The van der Waals surface area contributed by atoms with Gasteiger partial charge in [0.1, 0.15) is 11.6 Å². The minimum atomic E-state index is 0.342. The molecule has 1 aliphatic heterocycles. The molecule has 2 atom stereocenters. The molecule has 0 aliphatic carbocycles. The van der Waals surface area contributed by atoms with Crippen molar-refractivity contribution in [2.24, 2.45) is 0 Å². The van der Waals surface area contributed by atoms with E-state index < -0.39 is 0 Å². The van der Waals surface area contributed by atoms with Crippen LogP contribution < -0.4 is 15.4 Å². The number of imidazole rings is 1. The van der Waals surface area contributed by atoms with E-state index in [1.807, 2.05) is 13.0 Å². The van der Waals surface area contributed by atoms with Crippen molar-refractivity contribution in [2.45, 2.75) is 38.4 Å². The van der Waals surface area contributed by atoms with Crippen LogP contribution in [0.4, 0.5) is 0 Å². The third-order valence-corrected chi connectivity index (χ3v) is 5.17. The molecule has 1 saturated heterocycles. The number of fused-ring (bicyclic) bond motifs is 1. The first-order valence-electron chi connectivity index (χ1n) is 9.29. The minimum Gasteiger partial charge on any atom is -0.496 e. The summed E-state index contributed by atoms with van der Waals surface area (Å²) in [5, 5.41) is 7.43. The summed E-state index contributed by atoms with van der Waals surface area (Å²) in [6.07, 6.45) is 2.36. The van der Waals surface area contributed by atoms with Gasteiger partial charge in [-0.25, -0.2) is 4.98 Å². The van der Waals surface area contributed by atoms with Gasteiger partial charge in [0.05, 0.1) is 18.1 Å². The summed E-state index contributed by atoms with van der Waals surface area (Å²) < 4.78 is 5.60. The molecule has 4 rings (SSSR count). The Hall–Kier alpha value is -2.37. The van der Waals surface area contributed by atoms with Crippen molar-refractivity contribution in [1.82, 2.24) is 20.6 Å². The van der Waals surface area contributed by atoms with Crippen molar-refractivity contribution in [3.8, 4) is 5.75 Å². The zero-order valence-corrected chi connectivity index (χ0v) is 15.4. The van der Waals surface area contributed by atoms with Crippen molar-refractivity contribution in [2.75, 3.05) is 13.7 Å². The van der Waals surface area contributed by atoms with E-state index in [0.717, 1.165) is 41.3 Å². The number of aromatic amines is 1. The Morgan fingerprint density at radius 3 is 2.88 bits per heavy atom. The Morgan fingerprint density at radius 1 is 1.23 bits per heavy atom. The number of nitrogens with zero attached hydrogens (tertiary/aromatic N) is 1. The number of H-pyrrole nitrogens is 1. The molecule has 5 heteroatoms. The summed E-state index contributed by atoms with van der Waals surface area (Å²) in [4.78, 5) is 7.81. The Balaban J connectivity index is 1.54. The van der Waals surface area contributed by atoms with Gasteiger partial charge in [-0.1, -0.05) is 30.3 Å². The Labute approximate surface area is 154 Å². The number of nitrogens with one attached hydrogen (secondary N) is 3. The Kier molecular flexibility index (Phi) is 4.91. The smallest absolute Gasteiger partial charge is 0.125 e. The summed E-state index contributed by atoms with van der Waals surface area (Å²) in [7, 11) is 1.72. The van der Waals surface area contributed by atoms with E-state index in [0.29, 0.717) is 12.1 Å². The number of hydrogen-bond acceptors (Lipinski definition) is 4. The molecule has 0 amide bonds. The molecule has 3 N–H and O–H groups in total. The largest absolute Gasteiger partial charge is 0.496 e. The van der Waals surface area contributed by atoms with Gasteiger partial charge in [-0.2, -0.15) is 0 Å². The number of methoxy groups -OCH3 is 1. The summed E-state index contributed by atoms with van der Waals surface area (Å²) >= 11 is 0. The first-order valence-corrected chi connectivity index (χ1v) is 9.29. The van der Waals surface area contributed by atoms with Gasteiger partial charge in [-0.05, 0) is 37.9 Å². The monoisotopic (exact) mass is 350 g/mol. The second-order valence-electron chi connectivity index (χ2n) is 6.98. The van der Waals surface area contributed by atoms with Gasteiger partial charge in [-0.15, -0.1) is 0 Å². The molecule has 0 spiro atoms.